The van der Waals surface area contributed by atoms with Crippen molar-refractivity contribution in [2.45, 2.75) is 47.0 Å². The van der Waals surface area contributed by atoms with Crippen LogP contribution in [0.5, 0.6) is 23.0 Å². The quantitative estimate of drug-likeness (QED) is 0.166. The molecule has 0 amide bonds. The van der Waals surface area contributed by atoms with Crippen LogP contribution < -0.4 is 0 Å². The third kappa shape index (κ3) is 4.71. The molecule has 4 aromatic carbocycles. The summed E-state index contributed by atoms with van der Waals surface area (Å²) in [5, 5.41) is 44.4. The Morgan fingerprint density at radius 2 is 0.769 bits per heavy atom. The lowest BCUT2D eigenvalue weighted by atomic mass is 9.75. The van der Waals surface area contributed by atoms with E-state index in [1.807, 2.05) is 77.9 Å². The molecule has 0 saturated carbocycles. The Kier molecular flexibility index (Phi) is 8.27. The maximum Gasteiger partial charge on any atom is 0.127 e. The van der Waals surface area contributed by atoms with Gasteiger partial charge in [-0.3, -0.25) is 0 Å². The highest BCUT2D eigenvalue weighted by molar-refractivity contribution is 9.11. The van der Waals surface area contributed by atoms with Crippen LogP contribution in [-0.4, -0.2) is 20.4 Å². The molecule has 0 aromatic heterocycles. The SMILES string of the molecule is Cc1c(O)c(C)c(Br)c(-c2cccc(C(C)(C)c3cccc(-c4c(Br)c(C)c(O)c(C)c4Br)c3O)c2O)c1Br. The Bertz CT molecular complexity index is 1480. The van der Waals surface area contributed by atoms with E-state index in [0.29, 0.717) is 62.4 Å². The molecule has 4 N–H and O–H groups in total. The molecule has 0 heterocycles. The van der Waals surface area contributed by atoms with Crippen molar-refractivity contribution in [3.63, 3.8) is 0 Å². The first kappa shape index (κ1) is 30.0. The second kappa shape index (κ2) is 10.8. The van der Waals surface area contributed by atoms with Crippen LogP contribution in [0.1, 0.15) is 47.2 Å². The van der Waals surface area contributed by atoms with Gasteiger partial charge >= 0.3 is 0 Å². The van der Waals surface area contributed by atoms with Crippen molar-refractivity contribution < 1.29 is 20.4 Å². The lowest BCUT2D eigenvalue weighted by Gasteiger charge is -2.30. The summed E-state index contributed by atoms with van der Waals surface area (Å²) < 4.78 is 2.72. The first-order valence-corrected chi connectivity index (χ1v) is 15.3. The van der Waals surface area contributed by atoms with Crippen molar-refractivity contribution in [2.24, 2.45) is 0 Å². The van der Waals surface area contributed by atoms with E-state index in [1.165, 1.54) is 0 Å². The summed E-state index contributed by atoms with van der Waals surface area (Å²) in [5.41, 5.74) is 5.82. The number of halogens is 4. The lowest BCUT2D eigenvalue weighted by Crippen LogP contribution is -2.20. The largest absolute Gasteiger partial charge is 0.507 e. The fourth-order valence-corrected chi connectivity index (χ4v) is 7.97. The lowest BCUT2D eigenvalue weighted by molar-refractivity contribution is 0.437. The molecular weight excluding hydrogens is 756 g/mol. The highest BCUT2D eigenvalue weighted by Gasteiger charge is 2.33. The Labute approximate surface area is 262 Å². The van der Waals surface area contributed by atoms with Crippen LogP contribution in [0.4, 0.5) is 0 Å². The highest BCUT2D eigenvalue weighted by atomic mass is 79.9. The summed E-state index contributed by atoms with van der Waals surface area (Å²) in [6.45, 7) is 11.2. The molecule has 8 heteroatoms. The zero-order chi connectivity index (χ0) is 29.1. The van der Waals surface area contributed by atoms with Gasteiger partial charge < -0.3 is 20.4 Å². The zero-order valence-corrected chi connectivity index (χ0v) is 28.6. The summed E-state index contributed by atoms with van der Waals surface area (Å²) in [7, 11) is 0. The van der Waals surface area contributed by atoms with Crippen LogP contribution >= 0.6 is 63.7 Å². The molecule has 0 aliphatic carbocycles. The summed E-state index contributed by atoms with van der Waals surface area (Å²) in [4.78, 5) is 0. The van der Waals surface area contributed by atoms with Gasteiger partial charge in [0.1, 0.15) is 23.0 Å². The molecule has 0 atom stereocenters. The standard InChI is InChI=1S/C31H28Br4O4/c1-13-23(32)21(24(33)14(2)27(13)36)17-9-7-11-19(29(17)38)31(5,6)20-12-8-10-18(30(20)39)22-25(34)15(3)28(37)16(4)26(22)35/h7-12,36-39H,1-6H3. The van der Waals surface area contributed by atoms with Crippen molar-refractivity contribution in [1.82, 2.24) is 0 Å². The predicted octanol–water partition coefficient (Wildman–Crippen LogP) is 10.5. The maximum absolute atomic E-state index is 11.7. The molecule has 4 nitrogen and oxygen atoms in total. The topological polar surface area (TPSA) is 80.9 Å². The fraction of sp³-hybridized carbons (Fsp3) is 0.226. The van der Waals surface area contributed by atoms with Crippen LogP contribution in [0.15, 0.2) is 54.3 Å². The van der Waals surface area contributed by atoms with Gasteiger partial charge in [-0.15, -0.1) is 0 Å². The van der Waals surface area contributed by atoms with E-state index in [1.54, 1.807) is 0 Å². The average molecular weight is 784 g/mol. The maximum atomic E-state index is 11.7. The number of hydrogen-bond acceptors (Lipinski definition) is 4. The number of phenolic OH excluding ortho intramolecular Hbond substituents is 4. The minimum atomic E-state index is -0.805. The molecule has 0 radical (unpaired) electrons. The van der Waals surface area contributed by atoms with Crippen molar-refractivity contribution in [3.05, 3.63) is 87.7 Å². The molecule has 39 heavy (non-hydrogen) atoms. The van der Waals surface area contributed by atoms with Crippen molar-refractivity contribution in [2.75, 3.05) is 0 Å². The van der Waals surface area contributed by atoms with Gasteiger partial charge in [-0.05, 0) is 91.4 Å². The number of para-hydroxylation sites is 2. The van der Waals surface area contributed by atoms with Crippen LogP contribution in [0, 0.1) is 27.7 Å². The monoisotopic (exact) mass is 780 g/mol. The normalized spacial score (nSPS) is 11.7. The van der Waals surface area contributed by atoms with Gasteiger partial charge in [0.05, 0.1) is 0 Å². The van der Waals surface area contributed by atoms with E-state index in [4.69, 9.17) is 0 Å². The van der Waals surface area contributed by atoms with Crippen molar-refractivity contribution >= 4 is 63.7 Å². The second-order valence-corrected chi connectivity index (χ2v) is 13.4. The zero-order valence-electron chi connectivity index (χ0n) is 22.3. The molecule has 204 valence electrons. The van der Waals surface area contributed by atoms with E-state index in [0.717, 1.165) is 11.1 Å². The van der Waals surface area contributed by atoms with Gasteiger partial charge in [0, 0.05) is 78.9 Å². The van der Waals surface area contributed by atoms with Gasteiger partial charge in [-0.2, -0.15) is 0 Å². The fourth-order valence-electron chi connectivity index (χ4n) is 5.04. The summed E-state index contributed by atoms with van der Waals surface area (Å²) in [5.74, 6) is 0.535. The second-order valence-electron chi connectivity index (χ2n) is 10.2. The van der Waals surface area contributed by atoms with Gasteiger partial charge in [0.25, 0.3) is 0 Å². The third-order valence-electron chi connectivity index (χ3n) is 7.57. The molecule has 0 saturated heterocycles. The van der Waals surface area contributed by atoms with Gasteiger partial charge in [-0.25, -0.2) is 0 Å². The Morgan fingerprint density at radius 3 is 1.05 bits per heavy atom. The molecule has 4 rings (SSSR count). The number of phenols is 4. The Hall–Kier alpha value is -2.00. The van der Waals surface area contributed by atoms with Crippen LogP contribution in [-0.2, 0) is 5.41 Å². The minimum absolute atomic E-state index is 0.0804. The number of hydrogen-bond donors (Lipinski definition) is 4. The van der Waals surface area contributed by atoms with E-state index in [9.17, 15) is 20.4 Å². The van der Waals surface area contributed by atoms with Crippen molar-refractivity contribution in [1.29, 1.82) is 0 Å². The molecule has 0 unspecified atom stereocenters. The molecule has 4 aromatic rings. The van der Waals surface area contributed by atoms with E-state index in [-0.39, 0.29) is 23.0 Å². The number of benzene rings is 4. The molecule has 0 aliphatic rings. The Balaban J connectivity index is 1.96. The third-order valence-corrected chi connectivity index (χ3v) is 11.5. The van der Waals surface area contributed by atoms with E-state index < -0.39 is 5.41 Å². The minimum Gasteiger partial charge on any atom is -0.507 e. The summed E-state index contributed by atoms with van der Waals surface area (Å²) >= 11 is 14.5. The van der Waals surface area contributed by atoms with Crippen molar-refractivity contribution in [3.8, 4) is 45.3 Å². The summed E-state index contributed by atoms with van der Waals surface area (Å²) in [6, 6.07) is 11.1. The Morgan fingerprint density at radius 1 is 0.487 bits per heavy atom. The number of rotatable bonds is 4. The van der Waals surface area contributed by atoms with E-state index in [2.05, 4.69) is 63.7 Å². The van der Waals surface area contributed by atoms with Crippen LogP contribution in [0.2, 0.25) is 0 Å². The summed E-state index contributed by atoms with van der Waals surface area (Å²) in [6.07, 6.45) is 0. The molecule has 0 fully saturated rings. The van der Waals surface area contributed by atoms with Gasteiger partial charge in [0.15, 0.2) is 0 Å². The first-order valence-electron chi connectivity index (χ1n) is 12.1. The van der Waals surface area contributed by atoms with Crippen LogP contribution in [0.3, 0.4) is 0 Å². The molecular formula is C31H28Br4O4. The van der Waals surface area contributed by atoms with Crippen LogP contribution in [0.25, 0.3) is 22.3 Å². The molecule has 0 spiro atoms. The number of aromatic hydroxyl groups is 4. The predicted molar refractivity (Wildman–Crippen MR) is 172 cm³/mol. The highest BCUT2D eigenvalue weighted by Crippen LogP contribution is 2.52. The van der Waals surface area contributed by atoms with Gasteiger partial charge in [-0.1, -0.05) is 50.2 Å². The van der Waals surface area contributed by atoms with Gasteiger partial charge in [0.2, 0.25) is 0 Å². The first-order chi connectivity index (χ1) is 18.1. The van der Waals surface area contributed by atoms with E-state index >= 15 is 0 Å². The average Bonchev–Trinajstić information content (AvgIpc) is 2.90. The molecule has 0 bridgehead atoms. The smallest absolute Gasteiger partial charge is 0.127 e. The molecule has 0 aliphatic heterocycles.